The van der Waals surface area contributed by atoms with E-state index in [0.29, 0.717) is 23.3 Å². The molecule has 158 valence electrons. The number of nitrogens with zero attached hydrogens (tertiary/aromatic N) is 1. The van der Waals surface area contributed by atoms with E-state index in [1.54, 1.807) is 7.05 Å². The van der Waals surface area contributed by atoms with Crippen molar-refractivity contribution in [2.75, 3.05) is 20.1 Å². The topological polar surface area (TPSA) is 56.2 Å². The van der Waals surface area contributed by atoms with Gasteiger partial charge in [0.25, 0.3) is 5.91 Å². The maximum atomic E-state index is 13.2. The summed E-state index contributed by atoms with van der Waals surface area (Å²) in [6.45, 7) is 0.288. The lowest BCUT2D eigenvalue weighted by atomic mass is 9.94. The third-order valence-electron chi connectivity index (χ3n) is 4.90. The molecule has 0 spiro atoms. The second-order valence-electron chi connectivity index (χ2n) is 6.73. The van der Waals surface area contributed by atoms with Gasteiger partial charge in [0.1, 0.15) is 5.82 Å². The van der Waals surface area contributed by atoms with Crippen LogP contribution in [0.15, 0.2) is 53.7 Å². The van der Waals surface area contributed by atoms with Crippen LogP contribution in [-0.2, 0) is 6.18 Å². The van der Waals surface area contributed by atoms with Gasteiger partial charge in [-0.15, -0.1) is 0 Å². The first kappa shape index (κ1) is 21.8. The Labute approximate surface area is 175 Å². The fraction of sp³-hybridized carbons (Fsp3) is 0.238. The maximum Gasteiger partial charge on any atom is 0.417 e. The van der Waals surface area contributed by atoms with E-state index in [2.05, 4.69) is 5.32 Å². The molecule has 1 amide bonds. The third-order valence-corrected chi connectivity index (χ3v) is 5.31. The highest BCUT2D eigenvalue weighted by Gasteiger charge is 2.35. The highest BCUT2D eigenvalue weighted by atomic mass is 35.5. The molecule has 2 N–H and O–H groups in total. The Kier molecular flexibility index (Phi) is 6.17. The number of benzene rings is 2. The van der Waals surface area contributed by atoms with Crippen molar-refractivity contribution in [3.05, 3.63) is 81.3 Å². The first-order chi connectivity index (χ1) is 14.1. The molecule has 0 saturated carbocycles. The van der Waals surface area contributed by atoms with E-state index in [4.69, 9.17) is 17.0 Å². The van der Waals surface area contributed by atoms with Crippen molar-refractivity contribution >= 4 is 23.2 Å². The van der Waals surface area contributed by atoms with Gasteiger partial charge in [0, 0.05) is 24.9 Å². The number of alkyl halides is 3. The highest BCUT2D eigenvalue weighted by molar-refractivity contribution is 6.34. The third kappa shape index (κ3) is 4.33. The Morgan fingerprint density at radius 3 is 2.43 bits per heavy atom. The zero-order chi connectivity index (χ0) is 22.1. The lowest BCUT2D eigenvalue weighted by Gasteiger charge is -2.31. The molecule has 0 atom stereocenters. The molecule has 0 bridgehead atoms. The van der Waals surface area contributed by atoms with Crippen LogP contribution in [0.4, 0.5) is 17.6 Å². The van der Waals surface area contributed by atoms with E-state index in [1.807, 2.05) is 0 Å². The fourth-order valence-corrected chi connectivity index (χ4v) is 3.63. The molecule has 3 rings (SSSR count). The number of hydrogen-bond acceptors (Lipinski definition) is 3. The van der Waals surface area contributed by atoms with Crippen molar-refractivity contribution in [2.45, 2.75) is 12.6 Å². The Morgan fingerprint density at radius 1 is 1.17 bits per heavy atom. The monoisotopic (exact) mass is 439 g/mol. The predicted octanol–water partition coefficient (Wildman–Crippen LogP) is 4.89. The number of amides is 1. The maximum absolute atomic E-state index is 13.2. The standard InChI is InChI=1S/C21H18ClF4N3O/c1-28-17-11-29(10-9-14(17)19(27)12-5-7-13(23)8-6-12)20(30)15-3-2-4-16(18(15)22)21(24,25)26/h2-8,27-28H,9-11H2,1H3. The van der Waals surface area contributed by atoms with Crippen molar-refractivity contribution in [2.24, 2.45) is 0 Å². The Morgan fingerprint density at radius 2 is 1.83 bits per heavy atom. The van der Waals surface area contributed by atoms with Gasteiger partial charge < -0.3 is 10.2 Å². The molecule has 9 heteroatoms. The minimum absolute atomic E-state index is 0.0841. The number of likely N-dealkylation sites (N-methyl/N-ethyl adjacent to an activating group) is 1. The minimum Gasteiger partial charge on any atom is -0.390 e. The summed E-state index contributed by atoms with van der Waals surface area (Å²) in [6, 6.07) is 8.76. The summed E-state index contributed by atoms with van der Waals surface area (Å²) in [4.78, 5) is 14.3. The van der Waals surface area contributed by atoms with Crippen LogP contribution in [0.3, 0.4) is 0 Å². The SMILES string of the molecule is CNC1=C(C(=N)c2ccc(F)cc2)CCN(C(=O)c2cccc(C(F)(F)F)c2Cl)C1. The van der Waals surface area contributed by atoms with Crippen LogP contribution < -0.4 is 5.32 Å². The van der Waals surface area contributed by atoms with Gasteiger partial charge in [0.15, 0.2) is 0 Å². The molecule has 0 fully saturated rings. The van der Waals surface area contributed by atoms with Crippen LogP contribution in [0.25, 0.3) is 0 Å². The van der Waals surface area contributed by atoms with Crippen molar-refractivity contribution in [3.63, 3.8) is 0 Å². The first-order valence-corrected chi connectivity index (χ1v) is 9.41. The van der Waals surface area contributed by atoms with Gasteiger partial charge >= 0.3 is 6.18 Å². The predicted molar refractivity (Wildman–Crippen MR) is 106 cm³/mol. The van der Waals surface area contributed by atoms with Crippen LogP contribution in [-0.4, -0.2) is 36.7 Å². The molecule has 1 aliphatic heterocycles. The van der Waals surface area contributed by atoms with E-state index in [0.717, 1.165) is 12.1 Å². The normalized spacial score (nSPS) is 14.7. The largest absolute Gasteiger partial charge is 0.417 e. The van der Waals surface area contributed by atoms with Crippen LogP contribution in [0.2, 0.25) is 5.02 Å². The molecular formula is C21H18ClF4N3O. The molecule has 0 unspecified atom stereocenters. The van der Waals surface area contributed by atoms with E-state index in [1.165, 1.54) is 35.2 Å². The van der Waals surface area contributed by atoms with Gasteiger partial charge in [-0.25, -0.2) is 4.39 Å². The fourth-order valence-electron chi connectivity index (χ4n) is 3.32. The lowest BCUT2D eigenvalue weighted by molar-refractivity contribution is -0.137. The minimum atomic E-state index is -4.66. The van der Waals surface area contributed by atoms with Crippen LogP contribution in [0.5, 0.6) is 0 Å². The molecule has 2 aromatic rings. The van der Waals surface area contributed by atoms with Crippen molar-refractivity contribution in [1.29, 1.82) is 5.41 Å². The summed E-state index contributed by atoms with van der Waals surface area (Å²) in [5.74, 6) is -1.03. The molecule has 0 saturated heterocycles. The zero-order valence-corrected chi connectivity index (χ0v) is 16.7. The molecule has 2 aromatic carbocycles. The molecular weight excluding hydrogens is 422 g/mol. The van der Waals surface area contributed by atoms with E-state index >= 15 is 0 Å². The van der Waals surface area contributed by atoms with Crippen LogP contribution in [0.1, 0.15) is 27.9 Å². The lowest BCUT2D eigenvalue weighted by Crippen LogP contribution is -2.41. The van der Waals surface area contributed by atoms with Crippen LogP contribution in [0, 0.1) is 11.2 Å². The van der Waals surface area contributed by atoms with E-state index in [9.17, 15) is 22.4 Å². The number of carbonyl (C=O) groups excluding carboxylic acids is 1. The zero-order valence-electron chi connectivity index (χ0n) is 15.9. The summed E-state index contributed by atoms with van der Waals surface area (Å²) in [5.41, 5.74) is 0.688. The van der Waals surface area contributed by atoms with Gasteiger partial charge in [0.05, 0.1) is 28.4 Å². The number of hydrogen-bond donors (Lipinski definition) is 2. The first-order valence-electron chi connectivity index (χ1n) is 9.03. The van der Waals surface area contributed by atoms with Crippen molar-refractivity contribution in [3.8, 4) is 0 Å². The average Bonchev–Trinajstić information content (AvgIpc) is 2.72. The number of nitrogens with one attached hydrogen (secondary N) is 2. The van der Waals surface area contributed by atoms with Gasteiger partial charge in [0.2, 0.25) is 0 Å². The van der Waals surface area contributed by atoms with Crippen molar-refractivity contribution in [1.82, 2.24) is 10.2 Å². The smallest absolute Gasteiger partial charge is 0.390 e. The van der Waals surface area contributed by atoms with Crippen LogP contribution >= 0.6 is 11.6 Å². The van der Waals surface area contributed by atoms with Gasteiger partial charge in [-0.3, -0.25) is 10.2 Å². The molecule has 4 nitrogen and oxygen atoms in total. The summed E-state index contributed by atoms with van der Waals surface area (Å²) in [5, 5.41) is 10.8. The van der Waals surface area contributed by atoms with Gasteiger partial charge in [-0.2, -0.15) is 13.2 Å². The average molecular weight is 440 g/mol. The van der Waals surface area contributed by atoms with Gasteiger partial charge in [-0.1, -0.05) is 17.7 Å². The summed E-state index contributed by atoms with van der Waals surface area (Å²) in [6.07, 6.45) is -4.35. The molecule has 0 aliphatic carbocycles. The summed E-state index contributed by atoms with van der Waals surface area (Å²) >= 11 is 5.89. The highest BCUT2D eigenvalue weighted by Crippen LogP contribution is 2.36. The quantitative estimate of drug-likeness (QED) is 0.526. The number of carbonyl (C=O) groups is 1. The van der Waals surface area contributed by atoms with Crippen molar-refractivity contribution < 1.29 is 22.4 Å². The number of rotatable bonds is 4. The summed E-state index contributed by atoms with van der Waals surface area (Å²) < 4.78 is 52.5. The Bertz CT molecular complexity index is 1020. The van der Waals surface area contributed by atoms with Gasteiger partial charge in [-0.05, 0) is 48.4 Å². The second-order valence-corrected chi connectivity index (χ2v) is 7.11. The molecule has 30 heavy (non-hydrogen) atoms. The Hall–Kier alpha value is -2.87. The molecule has 0 aromatic heterocycles. The molecule has 0 radical (unpaired) electrons. The molecule has 1 heterocycles. The van der Waals surface area contributed by atoms with E-state index in [-0.39, 0.29) is 24.4 Å². The second kappa shape index (κ2) is 8.47. The molecule has 1 aliphatic rings. The summed E-state index contributed by atoms with van der Waals surface area (Å²) in [7, 11) is 1.64. The number of halogens is 5. The Balaban J connectivity index is 1.87. The van der Waals surface area contributed by atoms with E-state index < -0.39 is 28.5 Å².